The minimum absolute atomic E-state index is 0.0291. The molecule has 2 aromatic rings. The number of rotatable bonds is 4. The molecule has 0 radical (unpaired) electrons. The normalized spacial score (nSPS) is 20.1. The second-order valence-corrected chi connectivity index (χ2v) is 9.55. The van der Waals surface area contributed by atoms with Crippen LogP contribution in [0.3, 0.4) is 0 Å². The minimum Gasteiger partial charge on any atom is -0.393 e. The molecule has 0 spiro atoms. The minimum atomic E-state index is -0.520. The van der Waals surface area contributed by atoms with Crippen molar-refractivity contribution in [2.24, 2.45) is 0 Å². The summed E-state index contributed by atoms with van der Waals surface area (Å²) in [4.78, 5) is 13.6. The van der Waals surface area contributed by atoms with Gasteiger partial charge in [0.2, 0.25) is 0 Å². The highest BCUT2D eigenvalue weighted by Crippen LogP contribution is 2.36. The van der Waals surface area contributed by atoms with Crippen molar-refractivity contribution in [1.82, 2.24) is 0 Å². The van der Waals surface area contributed by atoms with Crippen LogP contribution in [0.25, 0.3) is 0 Å². The molecule has 1 aliphatic rings. The van der Waals surface area contributed by atoms with E-state index >= 15 is 0 Å². The summed E-state index contributed by atoms with van der Waals surface area (Å²) < 4.78 is 14.4. The average molecular weight is 520 g/mol. The Morgan fingerprint density at radius 1 is 1.22 bits per heavy atom. The number of benzene rings is 2. The van der Waals surface area contributed by atoms with E-state index in [-0.39, 0.29) is 17.0 Å². The number of carbonyl (C=O) groups is 1. The van der Waals surface area contributed by atoms with Gasteiger partial charge < -0.3 is 10.4 Å². The van der Waals surface area contributed by atoms with Gasteiger partial charge in [0.1, 0.15) is 5.82 Å². The zero-order valence-corrected chi connectivity index (χ0v) is 18.3. The van der Waals surface area contributed by atoms with Crippen molar-refractivity contribution in [3.63, 3.8) is 0 Å². The lowest BCUT2D eigenvalue weighted by atomic mass is 10.2. The third-order valence-electron chi connectivity index (χ3n) is 4.51. The molecule has 3 rings (SSSR count). The molecule has 2 N–H and O–H groups in total. The molecule has 1 amide bonds. The molecule has 1 fully saturated rings. The maximum Gasteiger partial charge on any atom is 0.255 e. The Morgan fingerprint density at radius 2 is 2.00 bits per heavy atom. The monoisotopic (exact) mass is 519 g/mol. The SMILES string of the molecule is O=C(Nc1ccc(F)c(Cl)c1)c1ccc(I)c(S[C@H]2CCCC[C@H](O)C2)c1. The van der Waals surface area contributed by atoms with Crippen LogP contribution < -0.4 is 5.32 Å². The highest BCUT2D eigenvalue weighted by Gasteiger charge is 2.21. The van der Waals surface area contributed by atoms with Crippen molar-refractivity contribution < 1.29 is 14.3 Å². The topological polar surface area (TPSA) is 49.3 Å². The van der Waals surface area contributed by atoms with Gasteiger partial charge in [-0.3, -0.25) is 4.79 Å². The molecule has 3 nitrogen and oxygen atoms in total. The fraction of sp³-hybridized carbons (Fsp3) is 0.350. The molecule has 0 saturated heterocycles. The van der Waals surface area contributed by atoms with Gasteiger partial charge in [-0.25, -0.2) is 4.39 Å². The predicted octanol–water partition coefficient (Wildman–Crippen LogP) is 6.12. The first-order valence-electron chi connectivity index (χ1n) is 8.83. The summed E-state index contributed by atoms with van der Waals surface area (Å²) in [6.07, 6.45) is 4.68. The molecule has 2 aromatic carbocycles. The van der Waals surface area contributed by atoms with Crippen LogP contribution in [0.4, 0.5) is 10.1 Å². The second-order valence-electron chi connectivity index (χ2n) is 6.64. The van der Waals surface area contributed by atoms with Gasteiger partial charge in [0.05, 0.1) is 11.1 Å². The van der Waals surface area contributed by atoms with E-state index in [1.165, 1.54) is 18.2 Å². The van der Waals surface area contributed by atoms with Crippen molar-refractivity contribution in [2.75, 3.05) is 5.32 Å². The van der Waals surface area contributed by atoms with E-state index in [2.05, 4.69) is 27.9 Å². The smallest absolute Gasteiger partial charge is 0.255 e. The lowest BCUT2D eigenvalue weighted by Gasteiger charge is -2.17. The Hall–Kier alpha value is -0.830. The number of carbonyl (C=O) groups excluding carboxylic acids is 1. The van der Waals surface area contributed by atoms with Crippen molar-refractivity contribution in [3.8, 4) is 0 Å². The van der Waals surface area contributed by atoms with E-state index in [4.69, 9.17) is 11.6 Å². The van der Waals surface area contributed by atoms with Crippen LogP contribution in [0.1, 0.15) is 42.5 Å². The molecule has 0 aliphatic heterocycles. The number of thioether (sulfide) groups is 1. The van der Waals surface area contributed by atoms with E-state index < -0.39 is 5.82 Å². The van der Waals surface area contributed by atoms with E-state index in [9.17, 15) is 14.3 Å². The summed E-state index contributed by atoms with van der Waals surface area (Å²) in [6.45, 7) is 0. The van der Waals surface area contributed by atoms with Crippen LogP contribution >= 0.6 is 46.0 Å². The molecule has 7 heteroatoms. The lowest BCUT2D eigenvalue weighted by molar-refractivity contribution is 0.102. The summed E-state index contributed by atoms with van der Waals surface area (Å²) in [7, 11) is 0. The first kappa shape index (κ1) is 20.9. The summed E-state index contributed by atoms with van der Waals surface area (Å²) in [5.41, 5.74) is 0.985. The molecule has 1 aliphatic carbocycles. The van der Waals surface area contributed by atoms with Gasteiger partial charge in [-0.05, 0) is 78.3 Å². The predicted molar refractivity (Wildman–Crippen MR) is 117 cm³/mol. The van der Waals surface area contributed by atoms with Crippen LogP contribution in [0, 0.1) is 9.39 Å². The van der Waals surface area contributed by atoms with E-state index in [1.807, 2.05) is 12.1 Å². The van der Waals surface area contributed by atoms with E-state index in [1.54, 1.807) is 17.8 Å². The van der Waals surface area contributed by atoms with Crippen molar-refractivity contribution in [3.05, 3.63) is 56.4 Å². The van der Waals surface area contributed by atoms with Gasteiger partial charge in [0, 0.05) is 25.0 Å². The first-order chi connectivity index (χ1) is 12.9. The van der Waals surface area contributed by atoms with Crippen molar-refractivity contribution >= 4 is 57.5 Å². The summed E-state index contributed by atoms with van der Waals surface area (Å²) >= 11 is 9.77. The lowest BCUT2D eigenvalue weighted by Crippen LogP contribution is -2.13. The second kappa shape index (κ2) is 9.58. The fourth-order valence-electron chi connectivity index (χ4n) is 3.09. The Bertz CT molecular complexity index is 836. The van der Waals surface area contributed by atoms with Gasteiger partial charge in [0.25, 0.3) is 5.91 Å². The van der Waals surface area contributed by atoms with Crippen molar-refractivity contribution in [2.45, 2.75) is 48.4 Å². The molecule has 0 heterocycles. The van der Waals surface area contributed by atoms with Crippen LogP contribution in [-0.2, 0) is 0 Å². The zero-order valence-electron chi connectivity index (χ0n) is 14.6. The van der Waals surface area contributed by atoms with E-state index in [0.29, 0.717) is 16.5 Å². The number of anilines is 1. The summed E-state index contributed by atoms with van der Waals surface area (Å²) in [5, 5.41) is 13.1. The van der Waals surface area contributed by atoms with Gasteiger partial charge in [-0.15, -0.1) is 11.8 Å². The number of halogens is 3. The third-order valence-corrected chi connectivity index (χ3v) is 7.46. The highest BCUT2D eigenvalue weighted by atomic mass is 127. The summed E-state index contributed by atoms with van der Waals surface area (Å²) in [6, 6.07) is 9.67. The standard InChI is InChI=1S/C20H20ClFINO2S/c21-16-10-13(6-7-17(16)22)24-20(26)12-5-8-18(23)19(9-12)27-15-4-2-1-3-14(25)11-15/h5-10,14-15,25H,1-4,11H2,(H,24,26)/t14-,15-/m0/s1. The van der Waals surface area contributed by atoms with E-state index in [0.717, 1.165) is 40.6 Å². The molecular formula is C20H20ClFINO2S. The maximum atomic E-state index is 13.3. The maximum absolute atomic E-state index is 13.3. The number of hydrogen-bond acceptors (Lipinski definition) is 3. The summed E-state index contributed by atoms with van der Waals surface area (Å²) in [5.74, 6) is -0.787. The molecule has 2 atom stereocenters. The highest BCUT2D eigenvalue weighted by molar-refractivity contribution is 14.1. The van der Waals surface area contributed by atoms with Gasteiger partial charge in [0.15, 0.2) is 0 Å². The Kier molecular flexibility index (Phi) is 7.42. The third kappa shape index (κ3) is 5.82. The molecule has 0 aromatic heterocycles. The van der Waals surface area contributed by atoms with Crippen molar-refractivity contribution in [1.29, 1.82) is 0 Å². The quantitative estimate of drug-likeness (QED) is 0.378. The molecule has 0 bridgehead atoms. The average Bonchev–Trinajstić information content (AvgIpc) is 2.84. The number of aliphatic hydroxyl groups excluding tert-OH is 1. The molecule has 144 valence electrons. The van der Waals surface area contributed by atoms with Crippen LogP contribution in [0.5, 0.6) is 0 Å². The van der Waals surface area contributed by atoms with Gasteiger partial charge >= 0.3 is 0 Å². The fourth-order valence-corrected chi connectivity index (χ4v) is 5.32. The Labute approximate surface area is 181 Å². The molecule has 27 heavy (non-hydrogen) atoms. The van der Waals surface area contributed by atoms with Gasteiger partial charge in [-0.2, -0.15) is 0 Å². The molecule has 0 unspecified atom stereocenters. The first-order valence-corrected chi connectivity index (χ1v) is 11.2. The molecular weight excluding hydrogens is 500 g/mol. The Morgan fingerprint density at radius 3 is 2.78 bits per heavy atom. The number of hydrogen-bond donors (Lipinski definition) is 2. The van der Waals surface area contributed by atoms with Crippen LogP contribution in [0.2, 0.25) is 5.02 Å². The number of amides is 1. The van der Waals surface area contributed by atoms with Crippen LogP contribution in [0.15, 0.2) is 41.3 Å². The largest absolute Gasteiger partial charge is 0.393 e. The zero-order chi connectivity index (χ0) is 19.4. The van der Waals surface area contributed by atoms with Gasteiger partial charge in [-0.1, -0.05) is 24.4 Å². The van der Waals surface area contributed by atoms with Crippen LogP contribution in [-0.4, -0.2) is 22.4 Å². The molecule has 1 saturated carbocycles. The Balaban J connectivity index is 1.73. The number of nitrogens with one attached hydrogen (secondary N) is 1. The number of aliphatic hydroxyl groups is 1.